The largest absolute Gasteiger partial charge is 0.307 e. The van der Waals surface area contributed by atoms with Crippen molar-refractivity contribution in [1.29, 1.82) is 0 Å². The van der Waals surface area contributed by atoms with Crippen LogP contribution in [0.5, 0.6) is 0 Å². The fraction of sp³-hybridized carbons (Fsp3) is 0.294. The molecule has 21 heavy (non-hydrogen) atoms. The number of hydrogen-bond acceptors (Lipinski definition) is 2. The predicted molar refractivity (Wildman–Crippen MR) is 83.8 cm³/mol. The average Bonchev–Trinajstić information content (AvgIpc) is 3.26. The Hall–Kier alpha value is -2.36. The molecule has 0 aliphatic heterocycles. The number of nitrogens with one attached hydrogen (secondary N) is 1. The normalized spacial score (nSPS) is 14.5. The highest BCUT2D eigenvalue weighted by Gasteiger charge is 2.23. The van der Waals surface area contributed by atoms with E-state index < -0.39 is 0 Å². The van der Waals surface area contributed by atoms with Crippen LogP contribution in [-0.4, -0.2) is 15.7 Å². The molecule has 1 fully saturated rings. The highest BCUT2D eigenvalue weighted by Crippen LogP contribution is 2.31. The van der Waals surface area contributed by atoms with Crippen LogP contribution in [0, 0.1) is 12.8 Å². The summed E-state index contributed by atoms with van der Waals surface area (Å²) in [5.74, 6) is 1.41. The van der Waals surface area contributed by atoms with Crippen LogP contribution < -0.4 is 5.32 Å². The Morgan fingerprint density at radius 3 is 2.86 bits per heavy atom. The maximum absolute atomic E-state index is 12.1. The third kappa shape index (κ3) is 3.60. The third-order valence-electron chi connectivity index (χ3n) is 3.62. The lowest BCUT2D eigenvalue weighted by Crippen LogP contribution is -2.14. The minimum absolute atomic E-state index is 0.125. The SMILES string of the molecule is Cc1cnn(CC2CC2)c1NC(=O)C=Cc1ccccc1. The zero-order chi connectivity index (χ0) is 14.7. The van der Waals surface area contributed by atoms with Gasteiger partial charge in [0.1, 0.15) is 5.82 Å². The van der Waals surface area contributed by atoms with Crippen molar-refractivity contribution in [1.82, 2.24) is 9.78 Å². The number of aromatic nitrogens is 2. The van der Waals surface area contributed by atoms with Gasteiger partial charge in [0.15, 0.2) is 0 Å². The highest BCUT2D eigenvalue weighted by molar-refractivity contribution is 6.01. The second-order valence-corrected chi connectivity index (χ2v) is 5.53. The Kier molecular flexibility index (Phi) is 3.86. The number of carbonyl (C=O) groups is 1. The molecule has 1 heterocycles. The molecule has 1 aromatic carbocycles. The van der Waals surface area contributed by atoms with Gasteiger partial charge in [0.2, 0.25) is 5.91 Å². The summed E-state index contributed by atoms with van der Waals surface area (Å²) >= 11 is 0. The van der Waals surface area contributed by atoms with E-state index in [-0.39, 0.29) is 5.91 Å². The molecular weight excluding hydrogens is 262 g/mol. The summed E-state index contributed by atoms with van der Waals surface area (Å²) in [5, 5.41) is 7.28. The standard InChI is InChI=1S/C17H19N3O/c1-13-11-18-20(12-15-7-8-15)17(13)19-16(21)10-9-14-5-3-2-4-6-14/h2-6,9-11,15H,7-8,12H2,1H3,(H,19,21). The average molecular weight is 281 g/mol. The van der Waals surface area contributed by atoms with Gasteiger partial charge in [-0.15, -0.1) is 0 Å². The number of nitrogens with zero attached hydrogens (tertiary/aromatic N) is 2. The molecule has 0 unspecified atom stereocenters. The van der Waals surface area contributed by atoms with E-state index in [1.54, 1.807) is 12.3 Å². The van der Waals surface area contributed by atoms with Crippen LogP contribution in [0.1, 0.15) is 24.0 Å². The molecule has 1 saturated carbocycles. The van der Waals surface area contributed by atoms with E-state index in [1.165, 1.54) is 12.8 Å². The monoisotopic (exact) mass is 281 g/mol. The first-order valence-electron chi connectivity index (χ1n) is 7.29. The Balaban J connectivity index is 1.67. The zero-order valence-corrected chi connectivity index (χ0v) is 12.1. The number of benzene rings is 1. The molecule has 1 aliphatic rings. The fourth-order valence-electron chi connectivity index (χ4n) is 2.22. The van der Waals surface area contributed by atoms with E-state index >= 15 is 0 Å². The van der Waals surface area contributed by atoms with Crippen LogP contribution in [0.2, 0.25) is 0 Å². The van der Waals surface area contributed by atoms with Crippen LogP contribution in [-0.2, 0) is 11.3 Å². The van der Waals surface area contributed by atoms with Crippen LogP contribution in [0.3, 0.4) is 0 Å². The van der Waals surface area contributed by atoms with Crippen molar-refractivity contribution in [2.24, 2.45) is 5.92 Å². The minimum atomic E-state index is -0.125. The molecular formula is C17H19N3O. The molecule has 1 N–H and O–H groups in total. The molecule has 1 aliphatic carbocycles. The van der Waals surface area contributed by atoms with Crippen LogP contribution in [0.4, 0.5) is 5.82 Å². The summed E-state index contributed by atoms with van der Waals surface area (Å²) in [5.41, 5.74) is 2.01. The summed E-state index contributed by atoms with van der Waals surface area (Å²) in [6.07, 6.45) is 7.70. The summed E-state index contributed by atoms with van der Waals surface area (Å²) in [7, 11) is 0. The summed E-state index contributed by atoms with van der Waals surface area (Å²) in [6, 6.07) is 9.79. The van der Waals surface area contributed by atoms with Gasteiger partial charge in [0, 0.05) is 18.2 Å². The smallest absolute Gasteiger partial charge is 0.249 e. The number of amides is 1. The van der Waals surface area contributed by atoms with Crippen molar-refractivity contribution < 1.29 is 4.79 Å². The lowest BCUT2D eigenvalue weighted by Gasteiger charge is -2.08. The molecule has 2 aromatic rings. The van der Waals surface area contributed by atoms with Gasteiger partial charge < -0.3 is 5.32 Å². The maximum Gasteiger partial charge on any atom is 0.249 e. The molecule has 108 valence electrons. The topological polar surface area (TPSA) is 46.9 Å². The van der Waals surface area contributed by atoms with Crippen molar-refractivity contribution in [3.8, 4) is 0 Å². The zero-order valence-electron chi connectivity index (χ0n) is 12.1. The quantitative estimate of drug-likeness (QED) is 0.855. The molecule has 4 nitrogen and oxygen atoms in total. The van der Waals surface area contributed by atoms with Crippen molar-refractivity contribution in [2.45, 2.75) is 26.3 Å². The van der Waals surface area contributed by atoms with Crippen LogP contribution in [0.15, 0.2) is 42.6 Å². The summed E-state index contributed by atoms with van der Waals surface area (Å²) in [6.45, 7) is 2.86. The second-order valence-electron chi connectivity index (χ2n) is 5.53. The lowest BCUT2D eigenvalue weighted by atomic mass is 10.2. The summed E-state index contributed by atoms with van der Waals surface area (Å²) < 4.78 is 1.90. The van der Waals surface area contributed by atoms with Gasteiger partial charge in [-0.3, -0.25) is 4.79 Å². The Bertz CT molecular complexity index is 654. The van der Waals surface area contributed by atoms with Gasteiger partial charge in [-0.25, -0.2) is 4.68 Å². The van der Waals surface area contributed by atoms with E-state index in [0.29, 0.717) is 0 Å². The van der Waals surface area contributed by atoms with E-state index in [1.807, 2.05) is 48.0 Å². The first-order valence-corrected chi connectivity index (χ1v) is 7.29. The van der Waals surface area contributed by atoms with E-state index in [0.717, 1.165) is 29.4 Å². The van der Waals surface area contributed by atoms with Crippen LogP contribution in [0.25, 0.3) is 6.08 Å². The minimum Gasteiger partial charge on any atom is -0.307 e. The van der Waals surface area contributed by atoms with Gasteiger partial charge in [-0.05, 0) is 37.3 Å². The van der Waals surface area contributed by atoms with Gasteiger partial charge >= 0.3 is 0 Å². The first-order chi connectivity index (χ1) is 10.2. The fourth-order valence-corrected chi connectivity index (χ4v) is 2.22. The van der Waals surface area contributed by atoms with Crippen LogP contribution >= 0.6 is 0 Å². The molecule has 0 bridgehead atoms. The van der Waals surface area contributed by atoms with Crippen molar-refractivity contribution in [3.63, 3.8) is 0 Å². The number of carbonyl (C=O) groups excluding carboxylic acids is 1. The van der Waals surface area contributed by atoms with Gasteiger partial charge in [-0.1, -0.05) is 30.3 Å². The molecule has 1 amide bonds. The predicted octanol–water partition coefficient (Wildman–Crippen LogP) is 3.25. The molecule has 0 spiro atoms. The van der Waals surface area contributed by atoms with Gasteiger partial charge in [-0.2, -0.15) is 5.10 Å². The van der Waals surface area contributed by atoms with Gasteiger partial charge in [0.25, 0.3) is 0 Å². The molecule has 0 saturated heterocycles. The third-order valence-corrected chi connectivity index (χ3v) is 3.62. The Morgan fingerprint density at radius 1 is 1.38 bits per heavy atom. The van der Waals surface area contributed by atoms with Gasteiger partial charge in [0.05, 0.1) is 6.20 Å². The maximum atomic E-state index is 12.1. The number of anilines is 1. The van der Waals surface area contributed by atoms with E-state index in [2.05, 4.69) is 10.4 Å². The molecule has 3 rings (SSSR count). The highest BCUT2D eigenvalue weighted by atomic mass is 16.1. The molecule has 4 heteroatoms. The first kappa shape index (κ1) is 13.6. The van der Waals surface area contributed by atoms with Crippen molar-refractivity contribution in [3.05, 3.63) is 53.7 Å². The van der Waals surface area contributed by atoms with E-state index in [9.17, 15) is 4.79 Å². The van der Waals surface area contributed by atoms with E-state index in [4.69, 9.17) is 0 Å². The lowest BCUT2D eigenvalue weighted by molar-refractivity contribution is -0.111. The molecule has 0 atom stereocenters. The number of rotatable bonds is 5. The molecule has 0 radical (unpaired) electrons. The van der Waals surface area contributed by atoms with Crippen molar-refractivity contribution in [2.75, 3.05) is 5.32 Å². The second kappa shape index (κ2) is 5.95. The number of hydrogen-bond donors (Lipinski definition) is 1. The molecule has 1 aromatic heterocycles. The Morgan fingerprint density at radius 2 is 2.14 bits per heavy atom. The summed E-state index contributed by atoms with van der Waals surface area (Å²) in [4.78, 5) is 12.1. The Labute approximate surface area is 124 Å². The van der Waals surface area contributed by atoms with Crippen molar-refractivity contribution >= 4 is 17.8 Å². The number of aryl methyl sites for hydroxylation is 1.